The maximum Gasteiger partial charge on any atom is 0.419 e. The molecule has 1 fully saturated rings. The van der Waals surface area contributed by atoms with Crippen LogP contribution in [0.2, 0.25) is 0 Å². The average molecular weight is 610 g/mol. The molecule has 14 heteroatoms. The number of fused-ring (bicyclic) bond motifs is 1. The van der Waals surface area contributed by atoms with Crippen molar-refractivity contribution in [3.8, 4) is 11.4 Å². The van der Waals surface area contributed by atoms with E-state index in [-0.39, 0.29) is 36.5 Å². The van der Waals surface area contributed by atoms with E-state index in [2.05, 4.69) is 10.00 Å². The summed E-state index contributed by atoms with van der Waals surface area (Å²) >= 11 is 0. The van der Waals surface area contributed by atoms with Gasteiger partial charge in [0.2, 0.25) is 10.0 Å². The lowest BCUT2D eigenvalue weighted by Gasteiger charge is -2.42. The van der Waals surface area contributed by atoms with E-state index in [0.29, 0.717) is 24.0 Å². The highest BCUT2D eigenvalue weighted by molar-refractivity contribution is 7.88. The number of hydrogen-bond acceptors (Lipinski definition) is 6. The van der Waals surface area contributed by atoms with Gasteiger partial charge in [-0.2, -0.15) is 17.5 Å². The molecule has 0 unspecified atom stereocenters. The molecule has 0 bridgehead atoms. The van der Waals surface area contributed by atoms with E-state index >= 15 is 4.39 Å². The summed E-state index contributed by atoms with van der Waals surface area (Å²) in [6.07, 6.45) is -3.47. The highest BCUT2D eigenvalue weighted by Crippen LogP contribution is 2.40. The normalized spacial score (nSPS) is 16.8. The quantitative estimate of drug-likeness (QED) is 0.317. The summed E-state index contributed by atoms with van der Waals surface area (Å²) in [5.41, 5.74) is -0.656. The number of aromatic hydroxyl groups is 1. The molecule has 1 saturated heterocycles. The minimum absolute atomic E-state index is 0.217. The van der Waals surface area contributed by atoms with E-state index in [9.17, 15) is 31.1 Å². The van der Waals surface area contributed by atoms with Crippen molar-refractivity contribution in [2.24, 2.45) is 0 Å². The van der Waals surface area contributed by atoms with Crippen molar-refractivity contribution >= 4 is 32.4 Å². The van der Waals surface area contributed by atoms with Gasteiger partial charge in [-0.25, -0.2) is 21.9 Å². The Hall–Kier alpha value is -3.91. The molecule has 8 nitrogen and oxygen atoms in total. The van der Waals surface area contributed by atoms with Gasteiger partial charge >= 0.3 is 6.18 Å². The van der Waals surface area contributed by atoms with E-state index in [0.717, 1.165) is 10.2 Å². The van der Waals surface area contributed by atoms with Crippen molar-refractivity contribution in [3.05, 3.63) is 77.4 Å². The highest BCUT2D eigenvalue weighted by atomic mass is 32.2. The van der Waals surface area contributed by atoms with Gasteiger partial charge in [0, 0.05) is 50.8 Å². The van der Waals surface area contributed by atoms with Crippen LogP contribution in [-0.2, 0) is 22.6 Å². The van der Waals surface area contributed by atoms with Crippen molar-refractivity contribution in [2.75, 3.05) is 49.8 Å². The van der Waals surface area contributed by atoms with Gasteiger partial charge in [-0.15, -0.1) is 5.10 Å². The first-order chi connectivity index (χ1) is 19.7. The summed E-state index contributed by atoms with van der Waals surface area (Å²) in [7, 11) is -0.129. The third-order valence-electron chi connectivity index (χ3n) is 7.32. The molecule has 1 N–H and O–H groups in total. The standard InChI is InChI=1S/C28H28F5N5O3S/c1-35(2)27-20-14-18(37-12-11-36(42(3,40)41)16-19(37)13-17-7-5-4-6-8-17)9-10-22(20)38(34-27)23-15-21(28(31,32)33)24(29)26(39)25(23)30/h4-10,14-15,19,39H,11-13,16H2,1-3H3/t19-/m1/s1. The van der Waals surface area contributed by atoms with Crippen LogP contribution in [0.15, 0.2) is 54.6 Å². The number of piperazine rings is 1. The zero-order valence-electron chi connectivity index (χ0n) is 22.9. The number of phenols is 1. The zero-order chi connectivity index (χ0) is 30.6. The van der Waals surface area contributed by atoms with Gasteiger partial charge in [-0.3, -0.25) is 0 Å². The van der Waals surface area contributed by atoms with Crippen LogP contribution in [0.4, 0.5) is 33.5 Å². The number of rotatable bonds is 6. The smallest absolute Gasteiger partial charge is 0.419 e. The number of halogens is 5. The topological polar surface area (TPSA) is 81.9 Å². The lowest BCUT2D eigenvalue weighted by atomic mass is 10.0. The molecule has 1 atom stereocenters. The number of benzene rings is 3. The maximum absolute atomic E-state index is 15.0. The molecule has 1 aromatic heterocycles. The molecule has 0 amide bonds. The predicted octanol–water partition coefficient (Wildman–Crippen LogP) is 4.79. The van der Waals surface area contributed by atoms with Crippen LogP contribution in [0.5, 0.6) is 5.75 Å². The molecule has 42 heavy (non-hydrogen) atoms. The third kappa shape index (κ3) is 5.48. The van der Waals surface area contributed by atoms with E-state index in [4.69, 9.17) is 0 Å². The SMILES string of the molecule is CN(C)c1nn(-c2cc(C(F)(F)F)c(F)c(O)c2F)c2ccc(N3CCN(S(C)(=O)=O)C[C@H]3Cc3ccccc3)cc12. The van der Waals surface area contributed by atoms with E-state index in [1.807, 2.05) is 30.3 Å². The number of phenolic OH excluding ortho intramolecular Hbond substituents is 1. The second kappa shape index (κ2) is 10.7. The Labute approximate surface area is 239 Å². The van der Waals surface area contributed by atoms with E-state index in [1.54, 1.807) is 37.2 Å². The summed E-state index contributed by atoms with van der Waals surface area (Å²) in [4.78, 5) is 3.66. The average Bonchev–Trinajstić information content (AvgIpc) is 3.30. The summed E-state index contributed by atoms with van der Waals surface area (Å²) < 4.78 is 96.7. The molecule has 1 aliphatic heterocycles. The van der Waals surface area contributed by atoms with Crippen molar-refractivity contribution < 1.29 is 35.5 Å². The van der Waals surface area contributed by atoms with Crippen LogP contribution in [0.1, 0.15) is 11.1 Å². The van der Waals surface area contributed by atoms with Crippen LogP contribution in [0, 0.1) is 11.6 Å². The molecule has 1 aliphatic rings. The molecule has 0 aliphatic carbocycles. The lowest BCUT2D eigenvalue weighted by Crippen LogP contribution is -2.55. The Morgan fingerprint density at radius 2 is 1.71 bits per heavy atom. The molecule has 224 valence electrons. The van der Waals surface area contributed by atoms with Gasteiger partial charge in [-0.1, -0.05) is 30.3 Å². The summed E-state index contributed by atoms with van der Waals surface area (Å²) in [6.45, 7) is 0.866. The van der Waals surface area contributed by atoms with Gasteiger partial charge < -0.3 is 14.9 Å². The van der Waals surface area contributed by atoms with Gasteiger partial charge in [0.25, 0.3) is 0 Å². The Balaban J connectivity index is 1.63. The fraction of sp³-hybridized carbons (Fsp3) is 0.321. The molecule has 0 saturated carbocycles. The monoisotopic (exact) mass is 609 g/mol. The third-order valence-corrected chi connectivity index (χ3v) is 8.59. The van der Waals surface area contributed by atoms with Crippen LogP contribution in [0.3, 0.4) is 0 Å². The lowest BCUT2D eigenvalue weighted by molar-refractivity contribution is -0.140. The predicted molar refractivity (Wildman–Crippen MR) is 150 cm³/mol. The van der Waals surface area contributed by atoms with Crippen molar-refractivity contribution in [1.82, 2.24) is 14.1 Å². The first kappa shape index (κ1) is 29.6. The van der Waals surface area contributed by atoms with Crippen LogP contribution in [-0.4, -0.2) is 73.6 Å². The van der Waals surface area contributed by atoms with Gasteiger partial charge in [-0.05, 0) is 36.2 Å². The first-order valence-corrected chi connectivity index (χ1v) is 14.8. The summed E-state index contributed by atoms with van der Waals surface area (Å²) in [5, 5.41) is 14.7. The second-order valence-electron chi connectivity index (χ2n) is 10.4. The Morgan fingerprint density at radius 1 is 1.02 bits per heavy atom. The number of nitrogens with zero attached hydrogens (tertiary/aromatic N) is 5. The molecular weight excluding hydrogens is 581 g/mol. The zero-order valence-corrected chi connectivity index (χ0v) is 23.7. The minimum Gasteiger partial charge on any atom is -0.503 e. The molecule has 2 heterocycles. The first-order valence-electron chi connectivity index (χ1n) is 12.9. The van der Waals surface area contributed by atoms with Gasteiger partial charge in [0.1, 0.15) is 5.69 Å². The number of alkyl halides is 3. The molecule has 3 aromatic carbocycles. The number of anilines is 2. The number of hydrogen-bond donors (Lipinski definition) is 1. The van der Waals surface area contributed by atoms with Crippen molar-refractivity contribution in [2.45, 2.75) is 18.6 Å². The van der Waals surface area contributed by atoms with Crippen LogP contribution < -0.4 is 9.80 Å². The molecule has 0 radical (unpaired) electrons. The fourth-order valence-electron chi connectivity index (χ4n) is 5.28. The van der Waals surface area contributed by atoms with Gasteiger partial charge in [0.05, 0.1) is 17.3 Å². The van der Waals surface area contributed by atoms with Crippen LogP contribution in [0.25, 0.3) is 16.6 Å². The molecular formula is C28H28F5N5O3S. The molecule has 0 spiro atoms. The second-order valence-corrected chi connectivity index (χ2v) is 12.4. The fourth-order valence-corrected chi connectivity index (χ4v) is 6.14. The van der Waals surface area contributed by atoms with Crippen molar-refractivity contribution in [3.63, 3.8) is 0 Å². The van der Waals surface area contributed by atoms with E-state index in [1.165, 1.54) is 10.6 Å². The highest BCUT2D eigenvalue weighted by Gasteiger charge is 2.38. The molecule has 5 rings (SSSR count). The summed E-state index contributed by atoms with van der Waals surface area (Å²) in [5.74, 6) is -5.15. The van der Waals surface area contributed by atoms with Crippen LogP contribution >= 0.6 is 0 Å². The van der Waals surface area contributed by atoms with Gasteiger partial charge in [0.15, 0.2) is 23.2 Å². The minimum atomic E-state index is -5.19. The maximum atomic E-state index is 15.0. The largest absolute Gasteiger partial charge is 0.503 e. The molecule has 4 aromatic rings. The van der Waals surface area contributed by atoms with E-state index < -0.39 is 44.8 Å². The number of sulfonamides is 1. The van der Waals surface area contributed by atoms with Crippen molar-refractivity contribution in [1.29, 1.82) is 0 Å². The number of aromatic nitrogens is 2. The summed E-state index contributed by atoms with van der Waals surface area (Å²) in [6, 6.07) is 14.6. The Kier molecular flexibility index (Phi) is 7.56. The Morgan fingerprint density at radius 3 is 2.33 bits per heavy atom. The Bertz CT molecular complexity index is 1740.